The van der Waals surface area contributed by atoms with Gasteiger partial charge >= 0.3 is 0 Å². The molecule has 1 fully saturated rings. The summed E-state index contributed by atoms with van der Waals surface area (Å²) in [6.45, 7) is 5.63. The number of rotatable bonds is 3. The van der Waals surface area contributed by atoms with Crippen LogP contribution in [0.1, 0.15) is 40.9 Å². The van der Waals surface area contributed by atoms with E-state index in [1.165, 1.54) is 18.6 Å². The smallest absolute Gasteiger partial charge is 0.272 e. The number of aromatic nitrogens is 2. The predicted octanol–water partition coefficient (Wildman–Crippen LogP) is 4.92. The van der Waals surface area contributed by atoms with Gasteiger partial charge in [0.1, 0.15) is 11.5 Å². The van der Waals surface area contributed by atoms with Crippen molar-refractivity contribution in [2.24, 2.45) is 0 Å². The maximum atomic E-state index is 13.3. The maximum Gasteiger partial charge on any atom is 0.272 e. The topological polar surface area (TPSA) is 38.1 Å². The number of hydrogen-bond donors (Lipinski definition) is 0. The van der Waals surface area contributed by atoms with Gasteiger partial charge in [-0.2, -0.15) is 5.10 Å². The Balaban J connectivity index is 1.82. The molecule has 1 saturated heterocycles. The summed E-state index contributed by atoms with van der Waals surface area (Å²) in [5.74, 6) is -0.289. The van der Waals surface area contributed by atoms with Crippen molar-refractivity contribution in [3.8, 4) is 16.9 Å². The van der Waals surface area contributed by atoms with Gasteiger partial charge in [0.2, 0.25) is 0 Å². The summed E-state index contributed by atoms with van der Waals surface area (Å²) in [6, 6.07) is 14.1. The summed E-state index contributed by atoms with van der Waals surface area (Å²) < 4.78 is 15.1. The van der Waals surface area contributed by atoms with Crippen molar-refractivity contribution in [1.82, 2.24) is 14.7 Å². The van der Waals surface area contributed by atoms with Crippen molar-refractivity contribution < 1.29 is 9.18 Å². The lowest BCUT2D eigenvalue weighted by Crippen LogP contribution is -2.36. The summed E-state index contributed by atoms with van der Waals surface area (Å²) in [6.07, 6.45) is 3.24. The second kappa shape index (κ2) is 7.58. The van der Waals surface area contributed by atoms with Gasteiger partial charge in [0.05, 0.1) is 11.4 Å². The number of carbonyl (C=O) groups excluding carboxylic acids is 1. The van der Waals surface area contributed by atoms with Gasteiger partial charge in [-0.05, 0) is 75.1 Å². The van der Waals surface area contributed by atoms with E-state index in [0.29, 0.717) is 11.4 Å². The number of benzene rings is 2. The molecular weight excluding hydrogens is 353 g/mol. The van der Waals surface area contributed by atoms with Gasteiger partial charge < -0.3 is 4.90 Å². The van der Waals surface area contributed by atoms with Crippen LogP contribution in [0, 0.1) is 19.7 Å². The van der Waals surface area contributed by atoms with Crippen molar-refractivity contribution in [3.63, 3.8) is 0 Å². The van der Waals surface area contributed by atoms with Crippen LogP contribution in [0.25, 0.3) is 16.9 Å². The fourth-order valence-electron chi connectivity index (χ4n) is 3.78. The van der Waals surface area contributed by atoms with Crippen molar-refractivity contribution in [2.75, 3.05) is 13.1 Å². The Hall–Kier alpha value is -2.95. The number of piperidine rings is 1. The predicted molar refractivity (Wildman–Crippen MR) is 108 cm³/mol. The van der Waals surface area contributed by atoms with E-state index in [2.05, 4.69) is 6.07 Å². The Labute approximate surface area is 164 Å². The van der Waals surface area contributed by atoms with E-state index >= 15 is 0 Å². The molecular formula is C23H24FN3O. The number of amides is 1. The zero-order chi connectivity index (χ0) is 19.7. The first-order valence-corrected chi connectivity index (χ1v) is 9.76. The van der Waals surface area contributed by atoms with Crippen LogP contribution < -0.4 is 0 Å². The van der Waals surface area contributed by atoms with Crippen LogP contribution in [0.5, 0.6) is 0 Å². The maximum absolute atomic E-state index is 13.3. The van der Waals surface area contributed by atoms with Gasteiger partial charge in [-0.1, -0.05) is 17.7 Å². The molecule has 0 bridgehead atoms. The highest BCUT2D eigenvalue weighted by Crippen LogP contribution is 2.25. The summed E-state index contributed by atoms with van der Waals surface area (Å²) in [7, 11) is 0. The Morgan fingerprint density at radius 1 is 0.964 bits per heavy atom. The molecule has 0 N–H and O–H groups in total. The first kappa shape index (κ1) is 18.4. The van der Waals surface area contributed by atoms with Crippen LogP contribution in [0.3, 0.4) is 0 Å². The van der Waals surface area contributed by atoms with Gasteiger partial charge in [0, 0.05) is 18.7 Å². The zero-order valence-corrected chi connectivity index (χ0v) is 16.3. The van der Waals surface area contributed by atoms with Gasteiger partial charge in [-0.25, -0.2) is 9.07 Å². The Morgan fingerprint density at radius 3 is 2.36 bits per heavy atom. The van der Waals surface area contributed by atoms with E-state index in [-0.39, 0.29) is 11.7 Å². The minimum Gasteiger partial charge on any atom is -0.337 e. The van der Waals surface area contributed by atoms with Gasteiger partial charge in [-0.3, -0.25) is 4.79 Å². The number of aryl methyl sites for hydroxylation is 2. The highest BCUT2D eigenvalue weighted by atomic mass is 19.1. The van der Waals surface area contributed by atoms with E-state index in [0.717, 1.165) is 48.3 Å². The molecule has 1 aliphatic rings. The summed E-state index contributed by atoms with van der Waals surface area (Å²) in [5, 5.41) is 4.73. The fraction of sp³-hybridized carbons (Fsp3) is 0.304. The van der Waals surface area contributed by atoms with Gasteiger partial charge in [0.15, 0.2) is 0 Å². The molecule has 0 saturated carbocycles. The van der Waals surface area contributed by atoms with Crippen LogP contribution in [0.2, 0.25) is 0 Å². The molecule has 1 amide bonds. The van der Waals surface area contributed by atoms with Crippen LogP contribution >= 0.6 is 0 Å². The highest BCUT2D eigenvalue weighted by molar-refractivity contribution is 5.94. The van der Waals surface area contributed by atoms with Crippen molar-refractivity contribution in [1.29, 1.82) is 0 Å². The number of hydrogen-bond acceptors (Lipinski definition) is 2. The fourth-order valence-corrected chi connectivity index (χ4v) is 3.78. The van der Waals surface area contributed by atoms with E-state index < -0.39 is 0 Å². The molecule has 3 aromatic rings. The number of likely N-dealkylation sites (tertiary alicyclic amines) is 1. The third-order valence-electron chi connectivity index (χ3n) is 5.29. The molecule has 2 aromatic carbocycles. The van der Waals surface area contributed by atoms with E-state index in [1.54, 1.807) is 16.8 Å². The minimum absolute atomic E-state index is 0.000497. The first-order chi connectivity index (χ1) is 13.5. The largest absolute Gasteiger partial charge is 0.337 e. The lowest BCUT2D eigenvalue weighted by atomic mass is 10.1. The summed E-state index contributed by atoms with van der Waals surface area (Å²) >= 11 is 0. The van der Waals surface area contributed by atoms with Crippen LogP contribution in [0.4, 0.5) is 4.39 Å². The molecule has 2 heterocycles. The van der Waals surface area contributed by atoms with E-state index in [9.17, 15) is 9.18 Å². The van der Waals surface area contributed by atoms with Crippen molar-refractivity contribution in [2.45, 2.75) is 33.1 Å². The molecule has 0 atom stereocenters. The molecule has 1 aromatic heterocycles. The summed E-state index contributed by atoms with van der Waals surface area (Å²) in [4.78, 5) is 15.2. The SMILES string of the molecule is Cc1ccc(-n2nc(-c3ccc(F)cc3)cc2C(=O)N2CCCCC2)c(C)c1. The average Bonchev–Trinajstić information content (AvgIpc) is 3.13. The quantitative estimate of drug-likeness (QED) is 0.650. The number of nitrogens with zero attached hydrogens (tertiary/aromatic N) is 3. The normalized spacial score (nSPS) is 14.3. The number of carbonyl (C=O) groups is 1. The Kier molecular flexibility index (Phi) is 4.99. The monoisotopic (exact) mass is 377 g/mol. The van der Waals surface area contributed by atoms with Crippen LogP contribution in [-0.2, 0) is 0 Å². The van der Waals surface area contributed by atoms with E-state index in [1.807, 2.05) is 36.9 Å². The molecule has 4 rings (SSSR count). The summed E-state index contributed by atoms with van der Waals surface area (Å²) in [5.41, 5.74) is 5.11. The molecule has 5 heteroatoms. The Bertz CT molecular complexity index is 1000. The lowest BCUT2D eigenvalue weighted by molar-refractivity contribution is 0.0715. The second-order valence-corrected chi connectivity index (χ2v) is 7.48. The minimum atomic E-state index is -0.290. The molecule has 144 valence electrons. The standard InChI is InChI=1S/C23H24FN3O/c1-16-6-11-21(17(2)14-16)27-22(23(28)26-12-4-3-5-13-26)15-20(25-27)18-7-9-19(24)10-8-18/h6-11,14-15H,3-5,12-13H2,1-2H3. The molecule has 0 spiro atoms. The zero-order valence-electron chi connectivity index (χ0n) is 16.3. The molecule has 0 radical (unpaired) electrons. The molecule has 28 heavy (non-hydrogen) atoms. The number of halogens is 1. The van der Waals surface area contributed by atoms with Gasteiger partial charge in [0.25, 0.3) is 5.91 Å². The van der Waals surface area contributed by atoms with Crippen molar-refractivity contribution in [3.05, 3.63) is 71.2 Å². The third kappa shape index (κ3) is 3.57. The van der Waals surface area contributed by atoms with E-state index in [4.69, 9.17) is 5.10 Å². The first-order valence-electron chi connectivity index (χ1n) is 9.76. The van der Waals surface area contributed by atoms with Crippen LogP contribution in [0.15, 0.2) is 48.5 Å². The average molecular weight is 377 g/mol. The third-order valence-corrected chi connectivity index (χ3v) is 5.29. The molecule has 1 aliphatic heterocycles. The molecule has 0 aliphatic carbocycles. The second-order valence-electron chi connectivity index (χ2n) is 7.48. The van der Waals surface area contributed by atoms with Gasteiger partial charge in [-0.15, -0.1) is 0 Å². The Morgan fingerprint density at radius 2 is 1.68 bits per heavy atom. The van der Waals surface area contributed by atoms with Crippen molar-refractivity contribution >= 4 is 5.91 Å². The molecule has 4 nitrogen and oxygen atoms in total. The highest BCUT2D eigenvalue weighted by Gasteiger charge is 2.24. The lowest BCUT2D eigenvalue weighted by Gasteiger charge is -2.26. The van der Waals surface area contributed by atoms with Crippen LogP contribution in [-0.4, -0.2) is 33.7 Å². The molecule has 0 unspecified atom stereocenters.